The molecule has 0 aliphatic heterocycles. The molecule has 0 amide bonds. The SMILES string of the molecule is Cn1nnc2cc(CN)cnc21. The lowest BCUT2D eigenvalue weighted by molar-refractivity contribution is 0.730. The Morgan fingerprint density at radius 1 is 1.58 bits per heavy atom. The van der Waals surface area contributed by atoms with Crippen molar-refractivity contribution >= 4 is 11.2 Å². The molecule has 0 bridgehead atoms. The number of pyridine rings is 1. The molecule has 0 aliphatic rings. The molecule has 0 fully saturated rings. The summed E-state index contributed by atoms with van der Waals surface area (Å²) < 4.78 is 1.63. The van der Waals surface area contributed by atoms with Crippen LogP contribution in [0.2, 0.25) is 0 Å². The van der Waals surface area contributed by atoms with Gasteiger partial charge in [0.15, 0.2) is 5.65 Å². The highest BCUT2D eigenvalue weighted by atomic mass is 15.4. The van der Waals surface area contributed by atoms with Crippen molar-refractivity contribution in [2.24, 2.45) is 12.8 Å². The molecule has 2 heterocycles. The molecule has 0 radical (unpaired) electrons. The number of hydrogen-bond acceptors (Lipinski definition) is 4. The van der Waals surface area contributed by atoms with Gasteiger partial charge in [-0.2, -0.15) is 0 Å². The molecule has 5 heteroatoms. The summed E-state index contributed by atoms with van der Waals surface area (Å²) in [5.41, 5.74) is 8.00. The largest absolute Gasteiger partial charge is 0.326 e. The van der Waals surface area contributed by atoms with E-state index < -0.39 is 0 Å². The summed E-state index contributed by atoms with van der Waals surface area (Å²) in [5.74, 6) is 0. The molecule has 2 N–H and O–H groups in total. The van der Waals surface area contributed by atoms with Crippen molar-refractivity contribution in [3.05, 3.63) is 17.8 Å². The Kier molecular flexibility index (Phi) is 1.51. The molecule has 0 saturated heterocycles. The smallest absolute Gasteiger partial charge is 0.178 e. The summed E-state index contributed by atoms with van der Waals surface area (Å²) in [6, 6.07) is 1.90. The van der Waals surface area contributed by atoms with Crippen molar-refractivity contribution in [1.82, 2.24) is 20.0 Å². The van der Waals surface area contributed by atoms with Crippen molar-refractivity contribution in [1.29, 1.82) is 0 Å². The number of nitrogens with two attached hydrogens (primary N) is 1. The Morgan fingerprint density at radius 3 is 3.17 bits per heavy atom. The monoisotopic (exact) mass is 163 g/mol. The van der Waals surface area contributed by atoms with E-state index in [1.165, 1.54) is 0 Å². The van der Waals surface area contributed by atoms with Crippen LogP contribution in [-0.4, -0.2) is 20.0 Å². The average molecular weight is 163 g/mol. The Hall–Kier alpha value is -1.49. The van der Waals surface area contributed by atoms with E-state index in [1.807, 2.05) is 13.1 Å². The van der Waals surface area contributed by atoms with Gasteiger partial charge in [0.05, 0.1) is 0 Å². The number of rotatable bonds is 1. The highest BCUT2D eigenvalue weighted by Crippen LogP contribution is 2.07. The Bertz CT molecular complexity index is 405. The second-order valence-corrected chi connectivity index (χ2v) is 2.60. The van der Waals surface area contributed by atoms with Gasteiger partial charge in [-0.25, -0.2) is 9.67 Å². The molecule has 5 nitrogen and oxygen atoms in total. The minimum Gasteiger partial charge on any atom is -0.326 e. The van der Waals surface area contributed by atoms with Crippen molar-refractivity contribution in [3.63, 3.8) is 0 Å². The van der Waals surface area contributed by atoms with Crippen LogP contribution in [0, 0.1) is 0 Å². The fraction of sp³-hybridized carbons (Fsp3) is 0.286. The van der Waals surface area contributed by atoms with E-state index in [0.717, 1.165) is 16.7 Å². The highest BCUT2D eigenvalue weighted by molar-refractivity contribution is 5.69. The average Bonchev–Trinajstić information content (AvgIpc) is 2.47. The maximum absolute atomic E-state index is 5.45. The molecular formula is C7H9N5. The second-order valence-electron chi connectivity index (χ2n) is 2.60. The predicted octanol–water partition coefficient (Wildman–Crippen LogP) is -0.178. The van der Waals surface area contributed by atoms with E-state index >= 15 is 0 Å². The van der Waals surface area contributed by atoms with E-state index in [2.05, 4.69) is 15.3 Å². The quantitative estimate of drug-likeness (QED) is 0.633. The van der Waals surface area contributed by atoms with Crippen LogP contribution in [-0.2, 0) is 13.6 Å². The molecule has 62 valence electrons. The first kappa shape index (κ1) is 7.17. The maximum Gasteiger partial charge on any atom is 0.178 e. The molecule has 2 aromatic heterocycles. The standard InChI is InChI=1S/C7H9N5/c1-12-7-6(10-11-12)2-5(3-8)4-9-7/h2,4H,3,8H2,1H3. The molecule has 2 aromatic rings. The van der Waals surface area contributed by atoms with Crippen molar-refractivity contribution in [3.8, 4) is 0 Å². The van der Waals surface area contributed by atoms with Gasteiger partial charge in [0.1, 0.15) is 5.52 Å². The summed E-state index contributed by atoms with van der Waals surface area (Å²) in [4.78, 5) is 4.17. The molecule has 0 unspecified atom stereocenters. The lowest BCUT2D eigenvalue weighted by Gasteiger charge is -1.94. The topological polar surface area (TPSA) is 69.6 Å². The minimum atomic E-state index is 0.486. The molecule has 0 aromatic carbocycles. The molecule has 0 aliphatic carbocycles. The first-order valence-electron chi connectivity index (χ1n) is 3.65. The Morgan fingerprint density at radius 2 is 2.42 bits per heavy atom. The molecule has 0 saturated carbocycles. The lowest BCUT2D eigenvalue weighted by Crippen LogP contribution is -1.97. The van der Waals surface area contributed by atoms with Crippen LogP contribution in [0.3, 0.4) is 0 Å². The second kappa shape index (κ2) is 2.53. The summed E-state index contributed by atoms with van der Waals surface area (Å²) >= 11 is 0. The van der Waals surface area contributed by atoms with Crippen LogP contribution in [0.4, 0.5) is 0 Å². The van der Waals surface area contributed by atoms with Crippen molar-refractivity contribution in [2.75, 3.05) is 0 Å². The first-order valence-corrected chi connectivity index (χ1v) is 3.65. The van der Waals surface area contributed by atoms with E-state index in [-0.39, 0.29) is 0 Å². The Labute approximate surface area is 69.2 Å². The van der Waals surface area contributed by atoms with Crippen LogP contribution in [0.25, 0.3) is 11.2 Å². The maximum atomic E-state index is 5.45. The van der Waals surface area contributed by atoms with E-state index in [0.29, 0.717) is 6.54 Å². The van der Waals surface area contributed by atoms with Gasteiger partial charge in [0.25, 0.3) is 0 Å². The zero-order valence-electron chi connectivity index (χ0n) is 6.73. The van der Waals surface area contributed by atoms with Gasteiger partial charge in [-0.1, -0.05) is 5.21 Å². The van der Waals surface area contributed by atoms with Crippen LogP contribution < -0.4 is 5.73 Å². The fourth-order valence-corrected chi connectivity index (χ4v) is 1.08. The van der Waals surface area contributed by atoms with Crippen molar-refractivity contribution < 1.29 is 0 Å². The molecule has 2 rings (SSSR count). The highest BCUT2D eigenvalue weighted by Gasteiger charge is 2.01. The van der Waals surface area contributed by atoms with Gasteiger partial charge in [0, 0.05) is 19.8 Å². The van der Waals surface area contributed by atoms with Crippen molar-refractivity contribution in [2.45, 2.75) is 6.54 Å². The zero-order chi connectivity index (χ0) is 8.55. The normalized spacial score (nSPS) is 10.8. The zero-order valence-corrected chi connectivity index (χ0v) is 6.73. The number of fused-ring (bicyclic) bond motifs is 1. The summed E-state index contributed by atoms with van der Waals surface area (Å²) in [7, 11) is 1.81. The first-order chi connectivity index (χ1) is 5.81. The van der Waals surface area contributed by atoms with Gasteiger partial charge >= 0.3 is 0 Å². The summed E-state index contributed by atoms with van der Waals surface area (Å²) in [6.45, 7) is 0.486. The van der Waals surface area contributed by atoms with Gasteiger partial charge in [-0.3, -0.25) is 0 Å². The summed E-state index contributed by atoms with van der Waals surface area (Å²) in [5, 5.41) is 7.76. The third-order valence-electron chi connectivity index (χ3n) is 1.73. The Balaban J connectivity index is 2.69. The van der Waals surface area contributed by atoms with Crippen LogP contribution in [0.5, 0.6) is 0 Å². The van der Waals surface area contributed by atoms with Gasteiger partial charge in [-0.05, 0) is 11.6 Å². The lowest BCUT2D eigenvalue weighted by atomic mass is 10.3. The predicted molar refractivity (Wildman–Crippen MR) is 44.2 cm³/mol. The minimum absolute atomic E-state index is 0.486. The number of aromatic nitrogens is 4. The van der Waals surface area contributed by atoms with Gasteiger partial charge in [-0.15, -0.1) is 5.10 Å². The molecule has 12 heavy (non-hydrogen) atoms. The van der Waals surface area contributed by atoms with Crippen LogP contribution in [0.1, 0.15) is 5.56 Å². The van der Waals surface area contributed by atoms with Crippen LogP contribution >= 0.6 is 0 Å². The summed E-state index contributed by atoms with van der Waals surface area (Å²) in [6.07, 6.45) is 1.74. The van der Waals surface area contributed by atoms with Gasteiger partial charge < -0.3 is 5.73 Å². The number of nitrogens with zero attached hydrogens (tertiary/aromatic N) is 4. The van der Waals surface area contributed by atoms with E-state index in [4.69, 9.17) is 5.73 Å². The van der Waals surface area contributed by atoms with E-state index in [1.54, 1.807) is 10.9 Å². The molecule has 0 atom stereocenters. The third kappa shape index (κ3) is 0.947. The molecular weight excluding hydrogens is 154 g/mol. The van der Waals surface area contributed by atoms with E-state index in [9.17, 15) is 0 Å². The van der Waals surface area contributed by atoms with Gasteiger partial charge in [0.2, 0.25) is 0 Å². The fourth-order valence-electron chi connectivity index (χ4n) is 1.08. The molecule has 0 spiro atoms. The van der Waals surface area contributed by atoms with Crippen LogP contribution in [0.15, 0.2) is 12.3 Å². The number of aryl methyl sites for hydroxylation is 1. The third-order valence-corrected chi connectivity index (χ3v) is 1.73. The number of hydrogen-bond donors (Lipinski definition) is 1.